The number of carbonyl (C=O) groups excluding carboxylic acids is 1. The maximum Gasteiger partial charge on any atom is 0.277 e. The molecule has 2 unspecified atom stereocenters. The Bertz CT molecular complexity index is 1040. The van der Waals surface area contributed by atoms with Crippen molar-refractivity contribution in [2.45, 2.75) is 48.8 Å². The fourth-order valence-electron chi connectivity index (χ4n) is 4.02. The molecule has 174 valence electrons. The Morgan fingerprint density at radius 2 is 2.00 bits per heavy atom. The van der Waals surface area contributed by atoms with E-state index in [1.165, 1.54) is 28.6 Å². The molecule has 2 fully saturated rings. The number of hydrogen-bond acceptors (Lipinski definition) is 8. The van der Waals surface area contributed by atoms with Gasteiger partial charge in [-0.05, 0) is 37.0 Å². The maximum atomic E-state index is 12.9. The van der Waals surface area contributed by atoms with Gasteiger partial charge in [0.25, 0.3) is 5.22 Å². The second-order valence-electron chi connectivity index (χ2n) is 8.14. The van der Waals surface area contributed by atoms with E-state index in [9.17, 15) is 13.2 Å². The van der Waals surface area contributed by atoms with Gasteiger partial charge in [0.15, 0.2) is 0 Å². The van der Waals surface area contributed by atoms with Crippen molar-refractivity contribution in [3.05, 3.63) is 24.3 Å². The van der Waals surface area contributed by atoms with Crippen molar-refractivity contribution < 1.29 is 22.4 Å². The average molecular weight is 481 g/mol. The second-order valence-corrected chi connectivity index (χ2v) is 11.0. The molecule has 1 aromatic heterocycles. The van der Waals surface area contributed by atoms with Crippen LogP contribution in [-0.2, 0) is 19.6 Å². The molecule has 1 aromatic carbocycles. The summed E-state index contributed by atoms with van der Waals surface area (Å²) in [6.45, 7) is 3.60. The minimum atomic E-state index is -3.62. The molecule has 11 heteroatoms. The van der Waals surface area contributed by atoms with Gasteiger partial charge in [0.2, 0.25) is 21.8 Å². The van der Waals surface area contributed by atoms with E-state index in [1.807, 2.05) is 0 Å². The summed E-state index contributed by atoms with van der Waals surface area (Å²) in [5.41, 5.74) is 0.513. The fourth-order valence-corrected chi connectivity index (χ4v) is 6.05. The zero-order valence-corrected chi connectivity index (χ0v) is 19.7. The number of nitrogens with one attached hydrogen (secondary N) is 1. The number of amides is 1. The van der Waals surface area contributed by atoms with Gasteiger partial charge in [0, 0.05) is 24.7 Å². The number of ether oxygens (including phenoxy) is 1. The summed E-state index contributed by atoms with van der Waals surface area (Å²) >= 11 is 1.17. The molecule has 1 aliphatic heterocycles. The molecule has 9 nitrogen and oxygen atoms in total. The van der Waals surface area contributed by atoms with Gasteiger partial charge in [-0.3, -0.25) is 4.79 Å². The van der Waals surface area contributed by atoms with Crippen LogP contribution in [0.15, 0.2) is 38.8 Å². The third-order valence-corrected chi connectivity index (χ3v) is 8.59. The van der Waals surface area contributed by atoms with Gasteiger partial charge in [-0.15, -0.1) is 10.2 Å². The van der Waals surface area contributed by atoms with E-state index in [0.717, 1.165) is 19.3 Å². The Labute approximate surface area is 192 Å². The second kappa shape index (κ2) is 10.3. The normalized spacial score (nSPS) is 22.5. The quantitative estimate of drug-likeness (QED) is 0.602. The highest BCUT2D eigenvalue weighted by Crippen LogP contribution is 2.27. The summed E-state index contributed by atoms with van der Waals surface area (Å²) in [4.78, 5) is 12.5. The zero-order chi connectivity index (χ0) is 22.6. The summed E-state index contributed by atoms with van der Waals surface area (Å²) in [7, 11) is -3.62. The maximum absolute atomic E-state index is 12.9. The van der Waals surface area contributed by atoms with Crippen LogP contribution in [0.4, 0.5) is 0 Å². The van der Waals surface area contributed by atoms with Crippen molar-refractivity contribution in [1.82, 2.24) is 19.8 Å². The first-order valence-corrected chi connectivity index (χ1v) is 13.3. The summed E-state index contributed by atoms with van der Waals surface area (Å²) in [6, 6.07) is 6.68. The van der Waals surface area contributed by atoms with Crippen LogP contribution in [0.1, 0.15) is 32.6 Å². The van der Waals surface area contributed by atoms with Crippen molar-refractivity contribution in [3.63, 3.8) is 0 Å². The largest absolute Gasteiger partial charge is 0.411 e. The van der Waals surface area contributed by atoms with Gasteiger partial charge in [0.1, 0.15) is 0 Å². The molecule has 2 aromatic rings. The third-order valence-electron chi connectivity index (χ3n) is 5.88. The van der Waals surface area contributed by atoms with Crippen LogP contribution in [0, 0.1) is 5.92 Å². The Kier molecular flexibility index (Phi) is 7.49. The number of carbonyl (C=O) groups is 1. The molecule has 0 radical (unpaired) electrons. The Balaban J connectivity index is 1.38. The van der Waals surface area contributed by atoms with Crippen molar-refractivity contribution >= 4 is 27.7 Å². The molecule has 32 heavy (non-hydrogen) atoms. The molecule has 2 atom stereocenters. The average Bonchev–Trinajstić information content (AvgIpc) is 3.29. The van der Waals surface area contributed by atoms with E-state index in [0.29, 0.717) is 37.8 Å². The van der Waals surface area contributed by atoms with E-state index in [4.69, 9.17) is 9.15 Å². The van der Waals surface area contributed by atoms with Crippen molar-refractivity contribution in [1.29, 1.82) is 0 Å². The van der Waals surface area contributed by atoms with Gasteiger partial charge >= 0.3 is 0 Å². The Morgan fingerprint density at radius 3 is 2.78 bits per heavy atom. The number of hydrogen-bond donors (Lipinski definition) is 1. The number of thioether (sulfide) groups is 1. The highest BCUT2D eigenvalue weighted by atomic mass is 32.2. The first-order chi connectivity index (χ1) is 15.4. The standard InChI is InChI=1S/C21H28N4O5S2/c1-15-5-2-3-8-18(15)22-19(26)14-31-21-24-23-20(30-21)16-6-4-7-17(13-16)32(27,28)25-9-11-29-12-10-25/h4,6-7,13,15,18H,2-3,5,8-12,14H2,1H3,(H,22,26). The van der Waals surface area contributed by atoms with Crippen LogP contribution in [-0.4, -0.2) is 66.9 Å². The fraction of sp³-hybridized carbons (Fsp3) is 0.571. The van der Waals surface area contributed by atoms with Crippen LogP contribution in [0.2, 0.25) is 0 Å². The number of nitrogens with zero attached hydrogens (tertiary/aromatic N) is 3. The SMILES string of the molecule is CC1CCCCC1NC(=O)CSc1nnc(-c2cccc(S(=O)(=O)N3CCOCC3)c2)o1. The highest BCUT2D eigenvalue weighted by molar-refractivity contribution is 7.99. The molecule has 2 aliphatic rings. The van der Waals surface area contributed by atoms with Crippen LogP contribution < -0.4 is 5.32 Å². The number of aromatic nitrogens is 2. The molecule has 1 amide bonds. The molecular formula is C21H28N4O5S2. The predicted molar refractivity (Wildman–Crippen MR) is 120 cm³/mol. The van der Waals surface area contributed by atoms with E-state index >= 15 is 0 Å². The zero-order valence-electron chi connectivity index (χ0n) is 18.0. The summed E-state index contributed by atoms with van der Waals surface area (Å²) in [5.74, 6) is 0.852. The van der Waals surface area contributed by atoms with Crippen LogP contribution in [0.5, 0.6) is 0 Å². The first-order valence-electron chi connectivity index (χ1n) is 10.9. The third kappa shape index (κ3) is 5.51. The Hall–Kier alpha value is -1.95. The summed E-state index contributed by atoms with van der Waals surface area (Å²) in [5, 5.41) is 11.4. The molecule has 1 saturated carbocycles. The molecule has 1 N–H and O–H groups in total. The number of benzene rings is 1. The predicted octanol–water partition coefficient (Wildman–Crippen LogP) is 2.54. The highest BCUT2D eigenvalue weighted by Gasteiger charge is 2.27. The topological polar surface area (TPSA) is 115 Å². The molecule has 0 spiro atoms. The summed E-state index contributed by atoms with van der Waals surface area (Å²) in [6.07, 6.45) is 4.54. The van der Waals surface area contributed by atoms with Gasteiger partial charge in [-0.25, -0.2) is 8.42 Å². The van der Waals surface area contributed by atoms with Crippen LogP contribution in [0.25, 0.3) is 11.5 Å². The van der Waals surface area contributed by atoms with E-state index < -0.39 is 10.0 Å². The lowest BCUT2D eigenvalue weighted by atomic mass is 9.86. The smallest absolute Gasteiger partial charge is 0.277 e. The van der Waals surface area contributed by atoms with Gasteiger partial charge in [-0.1, -0.05) is 37.6 Å². The number of morpholine rings is 1. The molecule has 1 aliphatic carbocycles. The minimum Gasteiger partial charge on any atom is -0.411 e. The van der Waals surface area contributed by atoms with E-state index in [-0.39, 0.29) is 33.7 Å². The van der Waals surface area contributed by atoms with Crippen molar-refractivity contribution in [2.75, 3.05) is 32.1 Å². The van der Waals surface area contributed by atoms with Gasteiger partial charge < -0.3 is 14.5 Å². The van der Waals surface area contributed by atoms with Crippen molar-refractivity contribution in [2.24, 2.45) is 5.92 Å². The number of rotatable bonds is 7. The lowest BCUT2D eigenvalue weighted by molar-refractivity contribution is -0.119. The molecule has 4 rings (SSSR count). The molecule has 1 saturated heterocycles. The lowest BCUT2D eigenvalue weighted by Crippen LogP contribution is -2.41. The Morgan fingerprint density at radius 1 is 1.22 bits per heavy atom. The summed E-state index contributed by atoms with van der Waals surface area (Å²) < 4.78 is 38.1. The minimum absolute atomic E-state index is 0.0490. The van der Waals surface area contributed by atoms with E-state index in [2.05, 4.69) is 22.4 Å². The monoisotopic (exact) mass is 480 g/mol. The van der Waals surface area contributed by atoms with E-state index in [1.54, 1.807) is 18.2 Å². The lowest BCUT2D eigenvalue weighted by Gasteiger charge is -2.29. The van der Waals surface area contributed by atoms with Crippen LogP contribution in [0.3, 0.4) is 0 Å². The molecule has 0 bridgehead atoms. The van der Waals surface area contributed by atoms with Crippen molar-refractivity contribution in [3.8, 4) is 11.5 Å². The van der Waals surface area contributed by atoms with Gasteiger partial charge in [-0.2, -0.15) is 4.31 Å². The molecular weight excluding hydrogens is 452 g/mol. The first kappa shape index (κ1) is 23.2. The number of sulfonamides is 1. The van der Waals surface area contributed by atoms with Crippen LogP contribution >= 0.6 is 11.8 Å². The van der Waals surface area contributed by atoms with Gasteiger partial charge in [0.05, 0.1) is 23.9 Å². The molecule has 2 heterocycles.